The van der Waals surface area contributed by atoms with Crippen molar-refractivity contribution in [2.24, 2.45) is 0 Å². The molecule has 0 aliphatic rings. The largest absolute Gasteiger partial charge is 0.388 e. The second kappa shape index (κ2) is 9.12. The van der Waals surface area contributed by atoms with Gasteiger partial charge in [0.2, 0.25) is 0 Å². The summed E-state index contributed by atoms with van der Waals surface area (Å²) in [7, 11) is 0. The van der Waals surface area contributed by atoms with Gasteiger partial charge in [0.05, 0.1) is 6.10 Å². The highest BCUT2D eigenvalue weighted by Crippen LogP contribution is 2.27. The van der Waals surface area contributed by atoms with Crippen molar-refractivity contribution < 1.29 is 9.50 Å². The number of halogens is 1. The summed E-state index contributed by atoms with van der Waals surface area (Å²) in [6, 6.07) is 3.02. The Kier molecular flexibility index (Phi) is 7.83. The molecule has 0 radical (unpaired) electrons. The summed E-state index contributed by atoms with van der Waals surface area (Å²) in [5.41, 5.74) is 2.63. The van der Waals surface area contributed by atoms with Crippen LogP contribution in [-0.2, 0) is 0 Å². The van der Waals surface area contributed by atoms with E-state index in [1.807, 2.05) is 13.8 Å². The molecule has 1 N–H and O–H groups in total. The van der Waals surface area contributed by atoms with E-state index in [1.54, 1.807) is 0 Å². The molecule has 0 saturated heterocycles. The van der Waals surface area contributed by atoms with E-state index in [1.165, 1.54) is 50.7 Å². The Balaban J connectivity index is 2.34. The van der Waals surface area contributed by atoms with Gasteiger partial charge in [-0.05, 0) is 49.1 Å². The molecule has 1 unspecified atom stereocenters. The Morgan fingerprint density at radius 2 is 1.45 bits per heavy atom. The first-order chi connectivity index (χ1) is 9.56. The summed E-state index contributed by atoms with van der Waals surface area (Å²) in [5.74, 6) is -0.216. The van der Waals surface area contributed by atoms with Crippen LogP contribution in [0.4, 0.5) is 4.39 Å². The van der Waals surface area contributed by atoms with Gasteiger partial charge in [-0.25, -0.2) is 4.39 Å². The maximum atomic E-state index is 13.2. The van der Waals surface area contributed by atoms with Gasteiger partial charge in [0.1, 0.15) is 5.82 Å². The Labute approximate surface area is 123 Å². The van der Waals surface area contributed by atoms with Gasteiger partial charge in [-0.3, -0.25) is 0 Å². The Morgan fingerprint density at radius 3 is 2.00 bits per heavy atom. The number of rotatable bonds is 9. The lowest BCUT2D eigenvalue weighted by Crippen LogP contribution is -2.04. The molecule has 0 aliphatic heterocycles. The van der Waals surface area contributed by atoms with Crippen molar-refractivity contribution in [2.45, 2.75) is 78.2 Å². The molecular formula is C18H29FO. The van der Waals surface area contributed by atoms with Crippen LogP contribution < -0.4 is 0 Å². The van der Waals surface area contributed by atoms with E-state index in [0.717, 1.165) is 29.5 Å². The number of hydrogen-bond donors (Lipinski definition) is 1. The molecule has 0 bridgehead atoms. The monoisotopic (exact) mass is 280 g/mol. The SMILES string of the molecule is CCCCCCCCCC(O)c1c(C)cc(F)cc1C. The normalized spacial score (nSPS) is 12.7. The van der Waals surface area contributed by atoms with Crippen molar-refractivity contribution in [3.63, 3.8) is 0 Å². The summed E-state index contributed by atoms with van der Waals surface area (Å²) in [5, 5.41) is 10.3. The topological polar surface area (TPSA) is 20.2 Å². The summed E-state index contributed by atoms with van der Waals surface area (Å²) < 4.78 is 13.2. The van der Waals surface area contributed by atoms with E-state index in [-0.39, 0.29) is 5.82 Å². The van der Waals surface area contributed by atoms with Crippen molar-refractivity contribution >= 4 is 0 Å². The van der Waals surface area contributed by atoms with Crippen LogP contribution in [-0.4, -0.2) is 5.11 Å². The molecule has 114 valence electrons. The predicted octanol–water partition coefficient (Wildman–Crippen LogP) is 5.62. The van der Waals surface area contributed by atoms with Crippen LogP contribution in [0.3, 0.4) is 0 Å². The number of aliphatic hydroxyl groups is 1. The number of hydrogen-bond acceptors (Lipinski definition) is 1. The van der Waals surface area contributed by atoms with E-state index >= 15 is 0 Å². The predicted molar refractivity (Wildman–Crippen MR) is 83.4 cm³/mol. The van der Waals surface area contributed by atoms with Gasteiger partial charge in [-0.15, -0.1) is 0 Å². The first-order valence-electron chi connectivity index (χ1n) is 8.01. The van der Waals surface area contributed by atoms with Crippen molar-refractivity contribution in [3.8, 4) is 0 Å². The standard InChI is InChI=1S/C18H29FO/c1-4-5-6-7-8-9-10-11-17(20)18-14(2)12-16(19)13-15(18)3/h12-13,17,20H,4-11H2,1-3H3. The van der Waals surface area contributed by atoms with Crippen LogP contribution in [0.2, 0.25) is 0 Å². The number of aliphatic hydroxyl groups excluding tert-OH is 1. The van der Waals surface area contributed by atoms with Gasteiger partial charge < -0.3 is 5.11 Å². The molecule has 1 nitrogen and oxygen atoms in total. The van der Waals surface area contributed by atoms with Gasteiger partial charge in [-0.1, -0.05) is 51.9 Å². The third-order valence-corrected chi connectivity index (χ3v) is 3.97. The molecule has 2 heteroatoms. The van der Waals surface area contributed by atoms with E-state index in [2.05, 4.69) is 6.92 Å². The summed E-state index contributed by atoms with van der Waals surface area (Å²) >= 11 is 0. The quantitative estimate of drug-likeness (QED) is 0.582. The number of unbranched alkanes of at least 4 members (excludes halogenated alkanes) is 6. The molecule has 0 amide bonds. The van der Waals surface area contributed by atoms with E-state index < -0.39 is 6.10 Å². The highest BCUT2D eigenvalue weighted by molar-refractivity contribution is 5.35. The third kappa shape index (κ3) is 5.62. The Bertz CT molecular complexity index is 377. The van der Waals surface area contributed by atoms with Gasteiger partial charge in [-0.2, -0.15) is 0 Å². The van der Waals surface area contributed by atoms with Crippen molar-refractivity contribution in [2.75, 3.05) is 0 Å². The van der Waals surface area contributed by atoms with Crippen LogP contribution in [0.1, 0.15) is 81.1 Å². The molecule has 1 atom stereocenters. The van der Waals surface area contributed by atoms with Gasteiger partial charge >= 0.3 is 0 Å². The minimum Gasteiger partial charge on any atom is -0.388 e. The zero-order valence-electron chi connectivity index (χ0n) is 13.2. The Morgan fingerprint density at radius 1 is 0.950 bits per heavy atom. The summed E-state index contributed by atoms with van der Waals surface area (Å²) in [6.07, 6.45) is 9.05. The first kappa shape index (κ1) is 17.2. The molecule has 0 aromatic heterocycles. The van der Waals surface area contributed by atoms with Gasteiger partial charge in [0.15, 0.2) is 0 Å². The van der Waals surface area contributed by atoms with Crippen LogP contribution in [0.25, 0.3) is 0 Å². The molecule has 1 aromatic carbocycles. The van der Waals surface area contributed by atoms with E-state index in [9.17, 15) is 9.50 Å². The molecule has 20 heavy (non-hydrogen) atoms. The lowest BCUT2D eigenvalue weighted by Gasteiger charge is -2.16. The second-order valence-electron chi connectivity index (χ2n) is 5.88. The summed E-state index contributed by atoms with van der Waals surface area (Å²) in [6.45, 7) is 5.97. The minimum atomic E-state index is -0.453. The number of benzene rings is 1. The fourth-order valence-electron chi connectivity index (χ4n) is 2.89. The average molecular weight is 280 g/mol. The molecule has 0 spiro atoms. The van der Waals surface area contributed by atoms with Crippen LogP contribution >= 0.6 is 0 Å². The fourth-order valence-corrected chi connectivity index (χ4v) is 2.89. The highest BCUT2D eigenvalue weighted by atomic mass is 19.1. The second-order valence-corrected chi connectivity index (χ2v) is 5.88. The molecular weight excluding hydrogens is 251 g/mol. The lowest BCUT2D eigenvalue weighted by atomic mass is 9.94. The van der Waals surface area contributed by atoms with E-state index in [4.69, 9.17) is 0 Å². The average Bonchev–Trinajstić information content (AvgIpc) is 2.36. The van der Waals surface area contributed by atoms with Crippen LogP contribution in [0.5, 0.6) is 0 Å². The van der Waals surface area contributed by atoms with Crippen molar-refractivity contribution in [1.29, 1.82) is 0 Å². The third-order valence-electron chi connectivity index (χ3n) is 3.97. The molecule has 1 rings (SSSR count). The molecule has 0 saturated carbocycles. The Hall–Kier alpha value is -0.890. The van der Waals surface area contributed by atoms with E-state index in [0.29, 0.717) is 0 Å². The van der Waals surface area contributed by atoms with Crippen LogP contribution in [0, 0.1) is 19.7 Å². The molecule has 0 aliphatic carbocycles. The van der Waals surface area contributed by atoms with Gasteiger partial charge in [0, 0.05) is 0 Å². The molecule has 0 heterocycles. The lowest BCUT2D eigenvalue weighted by molar-refractivity contribution is 0.162. The maximum absolute atomic E-state index is 13.2. The molecule has 1 aromatic rings. The van der Waals surface area contributed by atoms with Crippen LogP contribution in [0.15, 0.2) is 12.1 Å². The van der Waals surface area contributed by atoms with Crippen molar-refractivity contribution in [1.82, 2.24) is 0 Å². The highest BCUT2D eigenvalue weighted by Gasteiger charge is 2.14. The number of aryl methyl sites for hydroxylation is 2. The minimum absolute atomic E-state index is 0.216. The zero-order chi connectivity index (χ0) is 15.0. The van der Waals surface area contributed by atoms with Gasteiger partial charge in [0.25, 0.3) is 0 Å². The van der Waals surface area contributed by atoms with Crippen molar-refractivity contribution in [3.05, 3.63) is 34.6 Å². The maximum Gasteiger partial charge on any atom is 0.123 e. The summed E-state index contributed by atoms with van der Waals surface area (Å²) in [4.78, 5) is 0. The zero-order valence-corrected chi connectivity index (χ0v) is 13.2. The first-order valence-corrected chi connectivity index (χ1v) is 8.01. The smallest absolute Gasteiger partial charge is 0.123 e. The fraction of sp³-hybridized carbons (Fsp3) is 0.667. The molecule has 0 fully saturated rings.